The molecule has 2 aromatic heterocycles. The van der Waals surface area contributed by atoms with Gasteiger partial charge >= 0.3 is 0 Å². The van der Waals surface area contributed by atoms with E-state index in [2.05, 4.69) is 25.8 Å². The molecule has 0 radical (unpaired) electrons. The van der Waals surface area contributed by atoms with Gasteiger partial charge in [-0.15, -0.1) is 0 Å². The number of nitrogen functional groups attached to an aromatic ring is 1. The van der Waals surface area contributed by atoms with Crippen molar-refractivity contribution in [3.63, 3.8) is 0 Å². The van der Waals surface area contributed by atoms with Gasteiger partial charge in [0.25, 0.3) is 5.91 Å². The number of nitrogens with one attached hydrogen (secondary N) is 2. The maximum Gasteiger partial charge on any atom is 0.270 e. The lowest BCUT2D eigenvalue weighted by atomic mass is 10.3. The molecule has 0 unspecified atom stereocenters. The zero-order chi connectivity index (χ0) is 14.5. The highest BCUT2D eigenvalue weighted by atomic mass is 16.1. The number of anilines is 1. The molecule has 0 aliphatic carbocycles. The van der Waals surface area contributed by atoms with Gasteiger partial charge in [0.05, 0.1) is 5.69 Å². The standard InChI is InChI=1S/C12H17N7O/c1-8-7-10(16-12(15-8)17-13)11(20)14-5-3-9-4-6-19(2)18-9/h4,6-7H,3,5,13H2,1-2H3,(H,14,20)(H,15,16,17). The minimum Gasteiger partial charge on any atom is -0.350 e. The topological polar surface area (TPSA) is 111 Å². The molecule has 0 aliphatic rings. The van der Waals surface area contributed by atoms with E-state index in [1.165, 1.54) is 0 Å². The molecule has 2 aromatic rings. The number of carbonyl (C=O) groups is 1. The summed E-state index contributed by atoms with van der Waals surface area (Å²) in [5, 5.41) is 7.02. The van der Waals surface area contributed by atoms with E-state index in [0.717, 1.165) is 5.69 Å². The van der Waals surface area contributed by atoms with Gasteiger partial charge in [0.15, 0.2) is 0 Å². The van der Waals surface area contributed by atoms with Crippen LogP contribution in [0.25, 0.3) is 0 Å². The highest BCUT2D eigenvalue weighted by Crippen LogP contribution is 2.03. The fourth-order valence-electron chi connectivity index (χ4n) is 1.74. The number of rotatable bonds is 5. The first-order valence-electron chi connectivity index (χ1n) is 6.17. The first-order valence-corrected chi connectivity index (χ1v) is 6.17. The maximum absolute atomic E-state index is 12.0. The lowest BCUT2D eigenvalue weighted by Gasteiger charge is -2.06. The Morgan fingerprint density at radius 1 is 1.45 bits per heavy atom. The second-order valence-electron chi connectivity index (χ2n) is 4.35. The Bertz CT molecular complexity index is 608. The minimum absolute atomic E-state index is 0.222. The van der Waals surface area contributed by atoms with E-state index in [0.29, 0.717) is 18.7 Å². The lowest BCUT2D eigenvalue weighted by Crippen LogP contribution is -2.27. The number of nitrogens with two attached hydrogens (primary N) is 1. The van der Waals surface area contributed by atoms with E-state index in [9.17, 15) is 4.79 Å². The Morgan fingerprint density at radius 2 is 2.25 bits per heavy atom. The van der Waals surface area contributed by atoms with Gasteiger partial charge in [-0.2, -0.15) is 5.10 Å². The zero-order valence-electron chi connectivity index (χ0n) is 11.4. The number of hydrogen-bond donors (Lipinski definition) is 3. The van der Waals surface area contributed by atoms with Gasteiger partial charge in [-0.1, -0.05) is 0 Å². The number of nitrogens with zero attached hydrogens (tertiary/aromatic N) is 4. The van der Waals surface area contributed by atoms with Gasteiger partial charge in [-0.25, -0.2) is 15.8 Å². The fraction of sp³-hybridized carbons (Fsp3) is 0.333. The summed E-state index contributed by atoms with van der Waals surface area (Å²) in [5.41, 5.74) is 4.21. The summed E-state index contributed by atoms with van der Waals surface area (Å²) < 4.78 is 1.73. The molecular formula is C12H17N7O. The van der Waals surface area contributed by atoms with Gasteiger partial charge in [-0.05, 0) is 19.1 Å². The molecule has 8 heteroatoms. The molecule has 0 aliphatic heterocycles. The maximum atomic E-state index is 12.0. The van der Waals surface area contributed by atoms with Crippen LogP contribution >= 0.6 is 0 Å². The van der Waals surface area contributed by atoms with Crippen LogP contribution in [0.5, 0.6) is 0 Å². The summed E-state index contributed by atoms with van der Waals surface area (Å²) in [5.74, 6) is 5.21. The number of hydrazine groups is 1. The van der Waals surface area contributed by atoms with E-state index in [1.807, 2.05) is 19.3 Å². The molecule has 1 amide bonds. The molecule has 0 atom stereocenters. The average molecular weight is 275 g/mol. The molecule has 0 saturated carbocycles. The summed E-state index contributed by atoms with van der Waals surface area (Å²) in [6, 6.07) is 3.52. The molecular weight excluding hydrogens is 258 g/mol. The van der Waals surface area contributed by atoms with Gasteiger partial charge in [0.2, 0.25) is 5.95 Å². The fourth-order valence-corrected chi connectivity index (χ4v) is 1.74. The number of hydrogen-bond acceptors (Lipinski definition) is 6. The number of carbonyl (C=O) groups excluding carboxylic acids is 1. The normalized spacial score (nSPS) is 10.3. The average Bonchev–Trinajstić information content (AvgIpc) is 2.83. The summed E-state index contributed by atoms with van der Waals surface area (Å²) in [6.07, 6.45) is 2.53. The first kappa shape index (κ1) is 13.9. The smallest absolute Gasteiger partial charge is 0.270 e. The van der Waals surface area contributed by atoms with Crippen molar-refractivity contribution in [1.82, 2.24) is 25.1 Å². The Balaban J connectivity index is 1.93. The van der Waals surface area contributed by atoms with Crippen molar-refractivity contribution in [2.75, 3.05) is 12.0 Å². The Morgan fingerprint density at radius 3 is 2.90 bits per heavy atom. The highest BCUT2D eigenvalue weighted by Gasteiger charge is 2.10. The Labute approximate surface area is 116 Å². The number of aromatic nitrogens is 4. The molecule has 20 heavy (non-hydrogen) atoms. The van der Waals surface area contributed by atoms with E-state index in [4.69, 9.17) is 5.84 Å². The van der Waals surface area contributed by atoms with Crippen LogP contribution in [0.2, 0.25) is 0 Å². The van der Waals surface area contributed by atoms with Crippen LogP contribution in [0.3, 0.4) is 0 Å². The van der Waals surface area contributed by atoms with E-state index < -0.39 is 0 Å². The van der Waals surface area contributed by atoms with Crippen molar-refractivity contribution < 1.29 is 4.79 Å². The molecule has 106 valence electrons. The number of amides is 1. The van der Waals surface area contributed by atoms with Crippen molar-refractivity contribution in [3.8, 4) is 0 Å². The predicted octanol–water partition coefficient (Wildman–Crippen LogP) is -0.223. The monoisotopic (exact) mass is 275 g/mol. The van der Waals surface area contributed by atoms with Crippen molar-refractivity contribution >= 4 is 11.9 Å². The minimum atomic E-state index is -0.261. The van der Waals surface area contributed by atoms with Gasteiger partial charge in [0.1, 0.15) is 5.69 Å². The van der Waals surface area contributed by atoms with Crippen molar-refractivity contribution in [3.05, 3.63) is 35.4 Å². The third-order valence-electron chi connectivity index (χ3n) is 2.65. The highest BCUT2D eigenvalue weighted by molar-refractivity contribution is 5.92. The molecule has 0 spiro atoms. The molecule has 2 rings (SSSR count). The Hall–Kier alpha value is -2.48. The van der Waals surface area contributed by atoms with Crippen LogP contribution in [0.1, 0.15) is 21.9 Å². The van der Waals surface area contributed by atoms with Crippen LogP contribution in [-0.2, 0) is 13.5 Å². The van der Waals surface area contributed by atoms with Crippen molar-refractivity contribution in [2.45, 2.75) is 13.3 Å². The second kappa shape index (κ2) is 6.11. The van der Waals surface area contributed by atoms with E-state index in [1.54, 1.807) is 17.7 Å². The van der Waals surface area contributed by atoms with Gasteiger partial charge in [-0.3, -0.25) is 14.9 Å². The Kier molecular flexibility index (Phi) is 4.26. The molecule has 4 N–H and O–H groups in total. The largest absolute Gasteiger partial charge is 0.350 e. The third kappa shape index (κ3) is 3.51. The van der Waals surface area contributed by atoms with Crippen LogP contribution in [-0.4, -0.2) is 32.2 Å². The van der Waals surface area contributed by atoms with Crippen LogP contribution < -0.4 is 16.6 Å². The molecule has 0 saturated heterocycles. The SMILES string of the molecule is Cc1cc(C(=O)NCCc2ccn(C)n2)nc(NN)n1. The second-order valence-corrected chi connectivity index (χ2v) is 4.35. The van der Waals surface area contributed by atoms with Crippen molar-refractivity contribution in [1.29, 1.82) is 0 Å². The quantitative estimate of drug-likeness (QED) is 0.514. The summed E-state index contributed by atoms with van der Waals surface area (Å²) in [4.78, 5) is 20.0. The summed E-state index contributed by atoms with van der Waals surface area (Å²) in [7, 11) is 1.85. The molecule has 0 fully saturated rings. The summed E-state index contributed by atoms with van der Waals surface area (Å²) >= 11 is 0. The molecule has 0 aromatic carbocycles. The van der Waals surface area contributed by atoms with E-state index in [-0.39, 0.29) is 17.5 Å². The van der Waals surface area contributed by atoms with Crippen LogP contribution in [0, 0.1) is 6.92 Å². The van der Waals surface area contributed by atoms with Crippen LogP contribution in [0.15, 0.2) is 18.3 Å². The van der Waals surface area contributed by atoms with Crippen molar-refractivity contribution in [2.24, 2.45) is 12.9 Å². The first-order chi connectivity index (χ1) is 9.58. The van der Waals surface area contributed by atoms with Gasteiger partial charge < -0.3 is 5.32 Å². The summed E-state index contributed by atoms with van der Waals surface area (Å²) in [6.45, 7) is 2.26. The molecule has 8 nitrogen and oxygen atoms in total. The third-order valence-corrected chi connectivity index (χ3v) is 2.65. The van der Waals surface area contributed by atoms with Crippen LogP contribution in [0.4, 0.5) is 5.95 Å². The van der Waals surface area contributed by atoms with E-state index >= 15 is 0 Å². The zero-order valence-corrected chi connectivity index (χ0v) is 11.4. The number of aryl methyl sites for hydroxylation is 2. The lowest BCUT2D eigenvalue weighted by molar-refractivity contribution is 0.0949. The molecule has 0 bridgehead atoms. The predicted molar refractivity (Wildman–Crippen MR) is 73.8 cm³/mol. The van der Waals surface area contributed by atoms with Gasteiger partial charge in [0, 0.05) is 31.9 Å². The molecule has 2 heterocycles.